The minimum atomic E-state index is 0.0398. The molecule has 0 radical (unpaired) electrons. The highest BCUT2D eigenvalue weighted by molar-refractivity contribution is 5.76. The highest BCUT2D eigenvalue weighted by atomic mass is 16.5. The molecule has 5 heteroatoms. The number of hydrogen-bond donors (Lipinski definition) is 2. The fourth-order valence-corrected chi connectivity index (χ4v) is 2.41. The van der Waals surface area contributed by atoms with E-state index < -0.39 is 0 Å². The molecule has 1 aromatic rings. The quantitative estimate of drug-likeness (QED) is 0.794. The first-order chi connectivity index (χ1) is 9.74. The van der Waals surface area contributed by atoms with Gasteiger partial charge in [0.1, 0.15) is 5.76 Å². The number of furan rings is 1. The number of rotatable bonds is 7. The molecular weight excluding hydrogens is 256 g/mol. The summed E-state index contributed by atoms with van der Waals surface area (Å²) in [5, 5.41) is 6.26. The van der Waals surface area contributed by atoms with Crippen LogP contribution in [0, 0.1) is 0 Å². The van der Waals surface area contributed by atoms with Crippen LogP contribution >= 0.6 is 0 Å². The lowest BCUT2D eigenvalue weighted by Crippen LogP contribution is -2.36. The van der Waals surface area contributed by atoms with Gasteiger partial charge in [-0.25, -0.2) is 0 Å². The molecular formula is C15H24N2O3. The lowest BCUT2D eigenvalue weighted by atomic mass is 10.1. The average Bonchev–Trinajstić information content (AvgIpc) is 2.92. The Morgan fingerprint density at radius 2 is 2.35 bits per heavy atom. The zero-order valence-corrected chi connectivity index (χ0v) is 12.1. The summed E-state index contributed by atoms with van der Waals surface area (Å²) in [6.07, 6.45) is 5.17. The van der Waals surface area contributed by atoms with Gasteiger partial charge < -0.3 is 19.8 Å². The first kappa shape index (κ1) is 15.1. The van der Waals surface area contributed by atoms with Crippen molar-refractivity contribution < 1.29 is 13.9 Å². The maximum atomic E-state index is 11.8. The van der Waals surface area contributed by atoms with Crippen LogP contribution in [0.15, 0.2) is 22.8 Å². The van der Waals surface area contributed by atoms with Crippen LogP contribution in [0.2, 0.25) is 0 Å². The van der Waals surface area contributed by atoms with E-state index in [0.29, 0.717) is 25.6 Å². The Hall–Kier alpha value is -1.33. The molecule has 2 heterocycles. The third-order valence-corrected chi connectivity index (χ3v) is 3.46. The van der Waals surface area contributed by atoms with Gasteiger partial charge in [0.05, 0.1) is 19.0 Å². The van der Waals surface area contributed by atoms with Crippen molar-refractivity contribution in [3.63, 3.8) is 0 Å². The summed E-state index contributed by atoms with van der Waals surface area (Å²) in [4.78, 5) is 11.8. The van der Waals surface area contributed by atoms with Crippen LogP contribution in [-0.4, -0.2) is 37.7 Å². The van der Waals surface area contributed by atoms with Crippen LogP contribution in [0.5, 0.6) is 0 Å². The van der Waals surface area contributed by atoms with Crippen molar-refractivity contribution in [2.24, 2.45) is 0 Å². The van der Waals surface area contributed by atoms with Gasteiger partial charge >= 0.3 is 0 Å². The third-order valence-electron chi connectivity index (χ3n) is 3.46. The summed E-state index contributed by atoms with van der Waals surface area (Å²) < 4.78 is 11.0. The van der Waals surface area contributed by atoms with Crippen LogP contribution in [0.4, 0.5) is 0 Å². The molecule has 112 valence electrons. The van der Waals surface area contributed by atoms with Crippen molar-refractivity contribution in [2.75, 3.05) is 19.7 Å². The highest BCUT2D eigenvalue weighted by Gasteiger charge is 2.14. The second-order valence-electron chi connectivity index (χ2n) is 5.32. The van der Waals surface area contributed by atoms with Crippen LogP contribution in [0.25, 0.3) is 0 Å². The zero-order valence-electron chi connectivity index (χ0n) is 12.1. The normalized spacial score (nSPS) is 17.9. The van der Waals surface area contributed by atoms with Gasteiger partial charge in [-0.1, -0.05) is 0 Å². The molecule has 5 nitrogen and oxygen atoms in total. The van der Waals surface area contributed by atoms with E-state index in [1.165, 1.54) is 0 Å². The molecule has 1 aliphatic heterocycles. The fourth-order valence-electron chi connectivity index (χ4n) is 2.41. The van der Waals surface area contributed by atoms with Crippen molar-refractivity contribution in [1.29, 1.82) is 0 Å². The molecule has 0 aromatic carbocycles. The molecule has 0 saturated carbocycles. The van der Waals surface area contributed by atoms with Crippen molar-refractivity contribution >= 4 is 5.91 Å². The van der Waals surface area contributed by atoms with Gasteiger partial charge in [-0.2, -0.15) is 0 Å². The molecule has 2 N–H and O–H groups in total. The Kier molecular flexibility index (Phi) is 6.08. The molecule has 1 aliphatic rings. The monoisotopic (exact) mass is 280 g/mol. The van der Waals surface area contributed by atoms with Gasteiger partial charge in [0, 0.05) is 18.9 Å². The Morgan fingerprint density at radius 3 is 3.05 bits per heavy atom. The van der Waals surface area contributed by atoms with Gasteiger partial charge in [-0.3, -0.25) is 4.79 Å². The Morgan fingerprint density at radius 1 is 1.55 bits per heavy atom. The van der Waals surface area contributed by atoms with E-state index in [4.69, 9.17) is 9.15 Å². The Balaban J connectivity index is 1.57. The molecule has 1 saturated heterocycles. The molecule has 1 fully saturated rings. The lowest BCUT2D eigenvalue weighted by molar-refractivity contribution is -0.123. The smallest absolute Gasteiger partial charge is 0.222 e. The Bertz CT molecular complexity index is 386. The molecule has 20 heavy (non-hydrogen) atoms. The summed E-state index contributed by atoms with van der Waals surface area (Å²) in [5.74, 6) is 0.932. The second-order valence-corrected chi connectivity index (χ2v) is 5.32. The maximum Gasteiger partial charge on any atom is 0.222 e. The number of hydrogen-bond acceptors (Lipinski definition) is 4. The predicted molar refractivity (Wildman–Crippen MR) is 76.5 cm³/mol. The van der Waals surface area contributed by atoms with Crippen molar-refractivity contribution in [2.45, 2.75) is 44.8 Å². The van der Waals surface area contributed by atoms with E-state index in [2.05, 4.69) is 10.6 Å². The third kappa shape index (κ3) is 5.35. The number of amides is 1. The van der Waals surface area contributed by atoms with Gasteiger partial charge in [0.2, 0.25) is 5.91 Å². The maximum absolute atomic E-state index is 11.8. The number of ether oxygens (including phenoxy) is 1. The SMILES string of the molecule is CC(Cc1ccco1)NC(=O)CCOC1CCNCC1. The predicted octanol–water partition coefficient (Wildman–Crippen LogP) is 1.49. The summed E-state index contributed by atoms with van der Waals surface area (Å²) in [6, 6.07) is 3.85. The molecule has 0 bridgehead atoms. The summed E-state index contributed by atoms with van der Waals surface area (Å²) >= 11 is 0. The Labute approximate surface area is 120 Å². The minimum absolute atomic E-state index is 0.0398. The average molecular weight is 280 g/mol. The van der Waals surface area contributed by atoms with Crippen LogP contribution in [-0.2, 0) is 16.0 Å². The first-order valence-corrected chi connectivity index (χ1v) is 7.38. The number of carbonyl (C=O) groups excluding carboxylic acids is 1. The van der Waals surface area contributed by atoms with Gasteiger partial charge in [-0.05, 0) is 45.0 Å². The van der Waals surface area contributed by atoms with E-state index in [0.717, 1.165) is 31.7 Å². The van der Waals surface area contributed by atoms with Crippen molar-refractivity contribution in [3.05, 3.63) is 24.2 Å². The van der Waals surface area contributed by atoms with Gasteiger partial charge in [0.25, 0.3) is 0 Å². The summed E-state index contributed by atoms with van der Waals surface area (Å²) in [5.41, 5.74) is 0. The standard InChI is InChI=1S/C15H24N2O3/c1-12(11-14-3-2-9-19-14)17-15(18)6-10-20-13-4-7-16-8-5-13/h2-3,9,12-13,16H,4-8,10-11H2,1H3,(H,17,18). The largest absolute Gasteiger partial charge is 0.469 e. The van der Waals surface area contributed by atoms with Crippen LogP contribution in [0.3, 0.4) is 0 Å². The highest BCUT2D eigenvalue weighted by Crippen LogP contribution is 2.07. The van der Waals surface area contributed by atoms with E-state index in [1.54, 1.807) is 6.26 Å². The van der Waals surface area contributed by atoms with E-state index in [9.17, 15) is 4.79 Å². The summed E-state index contributed by atoms with van der Waals surface area (Å²) in [6.45, 7) is 4.51. The van der Waals surface area contributed by atoms with Gasteiger partial charge in [-0.15, -0.1) is 0 Å². The van der Waals surface area contributed by atoms with E-state index >= 15 is 0 Å². The molecule has 1 amide bonds. The minimum Gasteiger partial charge on any atom is -0.469 e. The zero-order chi connectivity index (χ0) is 14.2. The number of piperidine rings is 1. The van der Waals surface area contributed by atoms with Crippen LogP contribution in [0.1, 0.15) is 31.9 Å². The fraction of sp³-hybridized carbons (Fsp3) is 0.667. The first-order valence-electron chi connectivity index (χ1n) is 7.38. The molecule has 0 aliphatic carbocycles. The molecule has 1 atom stereocenters. The van der Waals surface area contributed by atoms with E-state index in [-0.39, 0.29) is 11.9 Å². The summed E-state index contributed by atoms with van der Waals surface area (Å²) in [7, 11) is 0. The molecule has 1 aromatic heterocycles. The van der Waals surface area contributed by atoms with Crippen molar-refractivity contribution in [1.82, 2.24) is 10.6 Å². The molecule has 1 unspecified atom stereocenters. The van der Waals surface area contributed by atoms with Gasteiger partial charge in [0.15, 0.2) is 0 Å². The number of carbonyl (C=O) groups is 1. The second kappa shape index (κ2) is 8.07. The lowest BCUT2D eigenvalue weighted by Gasteiger charge is -2.23. The molecule has 0 spiro atoms. The molecule has 2 rings (SSSR count). The van der Waals surface area contributed by atoms with Crippen molar-refractivity contribution in [3.8, 4) is 0 Å². The number of nitrogens with one attached hydrogen (secondary N) is 2. The van der Waals surface area contributed by atoms with E-state index in [1.807, 2.05) is 19.1 Å². The van der Waals surface area contributed by atoms with Crippen LogP contribution < -0.4 is 10.6 Å². The topological polar surface area (TPSA) is 63.5 Å².